The molecule has 3 rings (SSSR count). The molecule has 2 aromatic rings. The summed E-state index contributed by atoms with van der Waals surface area (Å²) in [4.78, 5) is 11.9. The number of aromatic hydroxyl groups is 3. The van der Waals surface area contributed by atoms with Crippen LogP contribution in [0.15, 0.2) is 42.5 Å². The van der Waals surface area contributed by atoms with E-state index in [2.05, 4.69) is 0 Å². The Kier molecular flexibility index (Phi) is 7.90. The SMILES string of the molecule is O=C(/C=C/c1ccc(O)c(O)c1)OCc1ccc(C[C@@H]2O[C@H](CO)[C@@H](O)[C@H](O)[C@H]2O)c(O)c1. The topological polar surface area (TPSA) is 177 Å². The number of aliphatic hydroxyl groups excluding tert-OH is 4. The number of phenolic OH excluding ortho intramolecular Hbond substituents is 3. The first-order valence-electron chi connectivity index (χ1n) is 10.2. The van der Waals surface area contributed by atoms with Gasteiger partial charge in [-0.15, -0.1) is 0 Å². The first kappa shape index (κ1) is 24.5. The highest BCUT2D eigenvalue weighted by atomic mass is 16.5. The van der Waals surface area contributed by atoms with Crippen molar-refractivity contribution in [3.05, 3.63) is 59.2 Å². The second kappa shape index (κ2) is 10.6. The molecule has 5 atom stereocenters. The molecule has 7 N–H and O–H groups in total. The molecule has 1 saturated heterocycles. The molecule has 33 heavy (non-hydrogen) atoms. The number of carbonyl (C=O) groups is 1. The minimum absolute atomic E-state index is 0.00948. The van der Waals surface area contributed by atoms with Crippen molar-refractivity contribution in [2.75, 3.05) is 6.61 Å². The Morgan fingerprint density at radius 3 is 2.30 bits per heavy atom. The first-order chi connectivity index (χ1) is 15.7. The summed E-state index contributed by atoms with van der Waals surface area (Å²) in [6.07, 6.45) is -3.80. The van der Waals surface area contributed by atoms with Crippen LogP contribution in [0.3, 0.4) is 0 Å². The van der Waals surface area contributed by atoms with E-state index in [1.165, 1.54) is 30.3 Å². The van der Waals surface area contributed by atoms with E-state index in [1.807, 2.05) is 0 Å². The van der Waals surface area contributed by atoms with Crippen LogP contribution in [0.1, 0.15) is 16.7 Å². The summed E-state index contributed by atoms with van der Waals surface area (Å²) < 4.78 is 10.6. The molecule has 1 fully saturated rings. The van der Waals surface area contributed by atoms with Crippen LogP contribution in [0.5, 0.6) is 17.2 Å². The lowest BCUT2D eigenvalue weighted by Crippen LogP contribution is -2.59. The van der Waals surface area contributed by atoms with E-state index in [0.717, 1.165) is 6.08 Å². The molecule has 1 aliphatic rings. The second-order valence-electron chi connectivity index (χ2n) is 7.72. The van der Waals surface area contributed by atoms with E-state index in [0.29, 0.717) is 16.7 Å². The number of aliphatic hydroxyl groups is 4. The maximum Gasteiger partial charge on any atom is 0.331 e. The monoisotopic (exact) mass is 462 g/mol. The van der Waals surface area contributed by atoms with Crippen molar-refractivity contribution in [1.29, 1.82) is 0 Å². The molecule has 0 aliphatic carbocycles. The Morgan fingerprint density at radius 2 is 1.64 bits per heavy atom. The average Bonchev–Trinajstić information content (AvgIpc) is 2.80. The first-order valence-corrected chi connectivity index (χ1v) is 10.2. The van der Waals surface area contributed by atoms with Crippen LogP contribution in [0, 0.1) is 0 Å². The zero-order chi connectivity index (χ0) is 24.1. The number of carbonyl (C=O) groups excluding carboxylic acids is 1. The number of benzene rings is 2. The highest BCUT2D eigenvalue weighted by molar-refractivity contribution is 5.87. The molecule has 0 spiro atoms. The number of esters is 1. The molecule has 0 bridgehead atoms. The zero-order valence-electron chi connectivity index (χ0n) is 17.5. The molecule has 0 saturated carbocycles. The summed E-state index contributed by atoms with van der Waals surface area (Å²) in [5.74, 6) is -1.39. The fourth-order valence-corrected chi connectivity index (χ4v) is 3.45. The van der Waals surface area contributed by atoms with Crippen LogP contribution >= 0.6 is 0 Å². The maximum absolute atomic E-state index is 11.9. The van der Waals surface area contributed by atoms with Crippen LogP contribution in [0.4, 0.5) is 0 Å². The third kappa shape index (κ3) is 6.01. The molecule has 0 radical (unpaired) electrons. The summed E-state index contributed by atoms with van der Waals surface area (Å²) in [5, 5.41) is 68.2. The Balaban J connectivity index is 1.57. The highest BCUT2D eigenvalue weighted by Crippen LogP contribution is 2.28. The Labute approximate surface area is 189 Å². The Morgan fingerprint density at radius 1 is 0.909 bits per heavy atom. The summed E-state index contributed by atoms with van der Waals surface area (Å²) in [6.45, 7) is -0.669. The number of hydrogen-bond acceptors (Lipinski definition) is 10. The number of ether oxygens (including phenoxy) is 2. The van der Waals surface area contributed by atoms with Gasteiger partial charge in [0, 0.05) is 12.5 Å². The Hall–Kier alpha value is -3.15. The fourth-order valence-electron chi connectivity index (χ4n) is 3.45. The molecule has 1 aliphatic heterocycles. The second-order valence-corrected chi connectivity index (χ2v) is 7.72. The third-order valence-corrected chi connectivity index (χ3v) is 5.35. The van der Waals surface area contributed by atoms with Gasteiger partial charge in [-0.3, -0.25) is 0 Å². The molecule has 0 amide bonds. The van der Waals surface area contributed by atoms with Crippen molar-refractivity contribution >= 4 is 12.0 Å². The Bertz CT molecular complexity index is 1000. The third-order valence-electron chi connectivity index (χ3n) is 5.35. The lowest BCUT2D eigenvalue weighted by Gasteiger charge is -2.40. The molecule has 178 valence electrons. The molecular formula is C23H26O10. The number of phenols is 3. The van der Waals surface area contributed by atoms with E-state index in [1.54, 1.807) is 12.1 Å². The molecule has 1 heterocycles. The maximum atomic E-state index is 11.9. The predicted octanol–water partition coefficient (Wildman–Crippen LogP) is -0.0551. The van der Waals surface area contributed by atoms with Gasteiger partial charge in [-0.25, -0.2) is 4.79 Å². The highest BCUT2D eigenvalue weighted by Gasteiger charge is 2.43. The van der Waals surface area contributed by atoms with Crippen LogP contribution in [0.25, 0.3) is 6.08 Å². The van der Waals surface area contributed by atoms with Crippen molar-refractivity contribution in [3.8, 4) is 17.2 Å². The van der Waals surface area contributed by atoms with Gasteiger partial charge >= 0.3 is 5.97 Å². The lowest BCUT2D eigenvalue weighted by atomic mass is 9.91. The van der Waals surface area contributed by atoms with Crippen molar-refractivity contribution in [2.24, 2.45) is 0 Å². The van der Waals surface area contributed by atoms with Gasteiger partial charge in [0.2, 0.25) is 0 Å². The summed E-state index contributed by atoms with van der Waals surface area (Å²) >= 11 is 0. The molecular weight excluding hydrogens is 436 g/mol. The summed E-state index contributed by atoms with van der Waals surface area (Å²) in [7, 11) is 0. The van der Waals surface area contributed by atoms with Crippen LogP contribution < -0.4 is 0 Å². The minimum Gasteiger partial charge on any atom is -0.508 e. The molecule has 2 aromatic carbocycles. The molecule has 10 nitrogen and oxygen atoms in total. The summed E-state index contributed by atoms with van der Waals surface area (Å²) in [6, 6.07) is 8.61. The van der Waals surface area contributed by atoms with Crippen molar-refractivity contribution < 1.29 is 50.0 Å². The smallest absolute Gasteiger partial charge is 0.331 e. The van der Waals surface area contributed by atoms with Crippen LogP contribution in [-0.4, -0.2) is 78.8 Å². The molecule has 10 heteroatoms. The quantitative estimate of drug-likeness (QED) is 0.168. The normalized spacial score (nSPS) is 25.3. The van der Waals surface area contributed by atoms with Gasteiger partial charge in [-0.05, 0) is 41.0 Å². The van der Waals surface area contributed by atoms with E-state index in [-0.39, 0.29) is 30.3 Å². The molecule has 0 aromatic heterocycles. The van der Waals surface area contributed by atoms with Gasteiger partial charge in [0.05, 0.1) is 12.7 Å². The van der Waals surface area contributed by atoms with Crippen LogP contribution in [0.2, 0.25) is 0 Å². The zero-order valence-corrected chi connectivity index (χ0v) is 17.5. The standard InChI is InChI=1S/C23H26O10/c24-10-19-22(30)23(31)21(29)18(33-19)9-14-4-1-13(8-16(14)26)11-32-20(28)6-3-12-2-5-15(25)17(27)7-12/h1-8,18-19,21-27,29-31H,9-11H2/b6-3+/t18-,19+,21-,22+,23+/m0/s1. The van der Waals surface area contributed by atoms with Gasteiger partial charge in [-0.1, -0.05) is 18.2 Å². The average molecular weight is 462 g/mol. The van der Waals surface area contributed by atoms with E-state index in [9.17, 15) is 40.5 Å². The lowest BCUT2D eigenvalue weighted by molar-refractivity contribution is -0.228. The largest absolute Gasteiger partial charge is 0.508 e. The van der Waals surface area contributed by atoms with Crippen molar-refractivity contribution in [1.82, 2.24) is 0 Å². The summed E-state index contributed by atoms with van der Waals surface area (Å²) in [5.41, 5.74) is 1.37. The minimum atomic E-state index is -1.50. The number of hydrogen-bond donors (Lipinski definition) is 7. The van der Waals surface area contributed by atoms with Gasteiger partial charge in [0.15, 0.2) is 11.5 Å². The number of rotatable bonds is 7. The van der Waals surface area contributed by atoms with Gasteiger partial charge < -0.3 is 45.2 Å². The fraction of sp³-hybridized carbons (Fsp3) is 0.348. The van der Waals surface area contributed by atoms with Gasteiger partial charge in [0.1, 0.15) is 36.8 Å². The van der Waals surface area contributed by atoms with E-state index < -0.39 is 43.1 Å². The van der Waals surface area contributed by atoms with E-state index in [4.69, 9.17) is 9.47 Å². The van der Waals surface area contributed by atoms with E-state index >= 15 is 0 Å². The van der Waals surface area contributed by atoms with Crippen molar-refractivity contribution in [3.63, 3.8) is 0 Å². The van der Waals surface area contributed by atoms with Crippen LogP contribution in [-0.2, 0) is 27.3 Å². The molecule has 0 unspecified atom stereocenters. The predicted molar refractivity (Wildman–Crippen MR) is 114 cm³/mol. The van der Waals surface area contributed by atoms with Gasteiger partial charge in [0.25, 0.3) is 0 Å². The van der Waals surface area contributed by atoms with Crippen molar-refractivity contribution in [2.45, 2.75) is 43.5 Å². The van der Waals surface area contributed by atoms with Gasteiger partial charge in [-0.2, -0.15) is 0 Å².